The van der Waals surface area contributed by atoms with Crippen LogP contribution in [0.25, 0.3) is 22.2 Å². The number of benzene rings is 1. The molecule has 9 nitrogen and oxygen atoms in total. The van der Waals surface area contributed by atoms with Crippen LogP contribution in [0.4, 0.5) is 40.8 Å². The Morgan fingerprint density at radius 1 is 1.07 bits per heavy atom. The summed E-state index contributed by atoms with van der Waals surface area (Å²) < 4.78 is 110. The summed E-state index contributed by atoms with van der Waals surface area (Å²) >= 11 is 0. The van der Waals surface area contributed by atoms with Gasteiger partial charge in [0.25, 0.3) is 11.1 Å². The third-order valence-corrected chi connectivity index (χ3v) is 6.62. The molecule has 0 aliphatic heterocycles. The number of pyridine rings is 1. The molecule has 0 spiro atoms. The fourth-order valence-electron chi connectivity index (χ4n) is 4.29. The summed E-state index contributed by atoms with van der Waals surface area (Å²) in [7, 11) is 0. The minimum absolute atomic E-state index is 0.164. The summed E-state index contributed by atoms with van der Waals surface area (Å²) in [6.07, 6.45) is -8.79. The molecule has 1 aromatic carbocycles. The molecule has 3 aromatic heterocycles. The second-order valence-electron chi connectivity index (χ2n) is 9.92. The smallest absolute Gasteiger partial charge is 0.381 e. The van der Waals surface area contributed by atoms with Crippen LogP contribution in [0.15, 0.2) is 52.6 Å². The number of aromatic amines is 1. The van der Waals surface area contributed by atoms with Crippen molar-refractivity contribution < 1.29 is 40.2 Å². The zero-order valence-corrected chi connectivity index (χ0v) is 22.2. The molecule has 0 fully saturated rings. The average molecular weight is 618 g/mol. The lowest BCUT2D eigenvalue weighted by Gasteiger charge is -2.25. The lowest BCUT2D eigenvalue weighted by molar-refractivity contribution is -0.259. The molecule has 0 saturated carbocycles. The third kappa shape index (κ3) is 6.50. The van der Waals surface area contributed by atoms with E-state index in [0.29, 0.717) is 19.3 Å². The van der Waals surface area contributed by atoms with Gasteiger partial charge in [0.1, 0.15) is 17.6 Å². The molecule has 3 atom stereocenters. The number of nitrogens with one attached hydrogen (secondary N) is 2. The number of H-pyrrole nitrogens is 1. The van der Waals surface area contributed by atoms with Crippen molar-refractivity contribution in [3.05, 3.63) is 80.6 Å². The van der Waals surface area contributed by atoms with E-state index in [1.807, 2.05) is 0 Å². The quantitative estimate of drug-likeness (QED) is 0.245. The first-order chi connectivity index (χ1) is 19.9. The number of halogens is 8. The van der Waals surface area contributed by atoms with Crippen molar-refractivity contribution in [2.24, 2.45) is 0 Å². The number of aromatic nitrogens is 5. The van der Waals surface area contributed by atoms with Gasteiger partial charge in [-0.05, 0) is 37.4 Å². The van der Waals surface area contributed by atoms with Gasteiger partial charge >= 0.3 is 12.4 Å². The van der Waals surface area contributed by atoms with Crippen molar-refractivity contribution in [1.82, 2.24) is 24.7 Å². The Morgan fingerprint density at radius 2 is 1.72 bits per heavy atom. The molecule has 0 saturated heterocycles. The molecule has 17 heteroatoms. The minimum atomic E-state index is -5.02. The number of nitrogens with zero attached hydrogens (tertiary/aromatic N) is 4. The molecule has 3 heterocycles. The summed E-state index contributed by atoms with van der Waals surface area (Å²) in [6.45, 7) is 1.35. The van der Waals surface area contributed by atoms with E-state index in [1.165, 1.54) is 25.3 Å². The van der Waals surface area contributed by atoms with Gasteiger partial charge in [0.2, 0.25) is 0 Å². The van der Waals surface area contributed by atoms with Gasteiger partial charge in [-0.3, -0.25) is 9.59 Å². The predicted molar refractivity (Wildman–Crippen MR) is 137 cm³/mol. The molecule has 0 amide bonds. The molecule has 43 heavy (non-hydrogen) atoms. The normalized spacial score (nSPS) is 15.2. The first-order valence-corrected chi connectivity index (χ1v) is 12.4. The second kappa shape index (κ2) is 11.3. The zero-order chi connectivity index (χ0) is 31.9. The Morgan fingerprint density at radius 3 is 2.33 bits per heavy atom. The Balaban J connectivity index is 1.52. The van der Waals surface area contributed by atoms with Crippen LogP contribution in [0.5, 0.6) is 0 Å². The summed E-state index contributed by atoms with van der Waals surface area (Å²) in [6, 6.07) is 2.44. The summed E-state index contributed by atoms with van der Waals surface area (Å²) in [5.41, 5.74) is -8.60. The highest BCUT2D eigenvalue weighted by Gasteiger charge is 2.51. The van der Waals surface area contributed by atoms with Crippen molar-refractivity contribution in [2.45, 2.75) is 57.0 Å². The molecule has 4 rings (SSSR count). The van der Waals surface area contributed by atoms with Crippen LogP contribution in [0, 0.1) is 5.82 Å². The van der Waals surface area contributed by atoms with E-state index in [4.69, 9.17) is 0 Å². The molecule has 1 unspecified atom stereocenters. The van der Waals surface area contributed by atoms with Crippen LogP contribution in [-0.4, -0.2) is 48.2 Å². The third-order valence-electron chi connectivity index (χ3n) is 6.62. The monoisotopic (exact) mass is 618 g/mol. The second-order valence-corrected chi connectivity index (χ2v) is 9.92. The summed E-state index contributed by atoms with van der Waals surface area (Å²) in [5, 5.41) is 17.2. The number of hydrogen-bond acceptors (Lipinski definition) is 7. The summed E-state index contributed by atoms with van der Waals surface area (Å²) in [4.78, 5) is 32.0. The fourth-order valence-corrected chi connectivity index (χ4v) is 4.29. The van der Waals surface area contributed by atoms with Crippen molar-refractivity contribution in [3.63, 3.8) is 0 Å². The van der Waals surface area contributed by atoms with Crippen molar-refractivity contribution >= 4 is 16.5 Å². The maximum Gasteiger partial charge on any atom is 0.423 e. The number of alkyl halides is 7. The number of hydrogen-bond donors (Lipinski definition) is 3. The van der Waals surface area contributed by atoms with Gasteiger partial charge in [-0.2, -0.15) is 31.4 Å². The Bertz CT molecular complexity index is 1750. The van der Waals surface area contributed by atoms with Crippen LogP contribution in [-0.2, 0) is 18.3 Å². The first kappa shape index (κ1) is 31.5. The van der Waals surface area contributed by atoms with E-state index in [9.17, 15) is 49.8 Å². The average Bonchev–Trinajstić information content (AvgIpc) is 2.89. The Labute approximate surface area is 236 Å². The molecular formula is C26H22F8N6O3. The standard InChI is InChI=1S/C26H22F8N6O3/c1-12(38-19-10-37-39-22(41)20(19)25(29,30)31)5-15(27)11-40-4-3-13-6-17(18(28)7-16(13)23(40)42)21-35-8-14(9-36-21)24(2,43)26(32,33)34/h3-4,6-10,12,15,43H,5,11H2,1-2H3,(H2,38,39,41)/t12-,15+,24?/m1/s1. The van der Waals surface area contributed by atoms with Crippen LogP contribution < -0.4 is 16.4 Å². The molecule has 0 bridgehead atoms. The fraction of sp³-hybridized carbons (Fsp3) is 0.346. The van der Waals surface area contributed by atoms with Crippen molar-refractivity contribution in [1.29, 1.82) is 0 Å². The number of rotatable bonds is 8. The lowest BCUT2D eigenvalue weighted by Crippen LogP contribution is -2.39. The number of fused-ring (bicyclic) bond motifs is 1. The van der Waals surface area contributed by atoms with E-state index in [0.717, 1.165) is 16.8 Å². The molecule has 0 radical (unpaired) electrons. The van der Waals surface area contributed by atoms with Gasteiger partial charge in [0, 0.05) is 36.6 Å². The number of anilines is 1. The lowest BCUT2D eigenvalue weighted by atomic mass is 9.98. The van der Waals surface area contributed by atoms with Gasteiger partial charge in [0.05, 0.1) is 29.4 Å². The van der Waals surface area contributed by atoms with E-state index in [1.54, 1.807) is 5.10 Å². The molecule has 0 aliphatic carbocycles. The summed E-state index contributed by atoms with van der Waals surface area (Å²) in [5.74, 6) is -1.32. The van der Waals surface area contributed by atoms with Gasteiger partial charge in [-0.15, -0.1) is 0 Å². The maximum atomic E-state index is 15.0. The molecule has 230 valence electrons. The molecular weight excluding hydrogens is 596 g/mol. The van der Waals surface area contributed by atoms with Crippen LogP contribution in [0.2, 0.25) is 0 Å². The molecule has 4 aromatic rings. The van der Waals surface area contributed by atoms with E-state index < -0.39 is 70.5 Å². The highest BCUT2D eigenvalue weighted by Crippen LogP contribution is 2.38. The molecule has 3 N–H and O–H groups in total. The van der Waals surface area contributed by atoms with Crippen molar-refractivity contribution in [2.75, 3.05) is 5.32 Å². The van der Waals surface area contributed by atoms with Gasteiger partial charge in [-0.25, -0.2) is 23.8 Å². The van der Waals surface area contributed by atoms with E-state index in [2.05, 4.69) is 20.4 Å². The SMILES string of the molecule is C[C@H](C[C@H](F)Cn1ccc2cc(-c3ncc(C(C)(O)C(F)(F)F)cn3)c(F)cc2c1=O)Nc1cn[nH]c(=O)c1C(F)(F)F. The highest BCUT2D eigenvalue weighted by atomic mass is 19.4. The Kier molecular flexibility index (Phi) is 8.32. The largest absolute Gasteiger partial charge is 0.423 e. The number of aliphatic hydroxyl groups is 1. The van der Waals surface area contributed by atoms with Gasteiger partial charge < -0.3 is 15.0 Å². The highest BCUT2D eigenvalue weighted by molar-refractivity contribution is 5.86. The van der Waals surface area contributed by atoms with Crippen LogP contribution >= 0.6 is 0 Å². The maximum absolute atomic E-state index is 15.0. The predicted octanol–water partition coefficient (Wildman–Crippen LogP) is 4.70. The topological polar surface area (TPSA) is 126 Å². The zero-order valence-electron chi connectivity index (χ0n) is 22.2. The molecule has 0 aliphatic rings. The van der Waals surface area contributed by atoms with E-state index in [-0.39, 0.29) is 28.6 Å². The van der Waals surface area contributed by atoms with Crippen molar-refractivity contribution in [3.8, 4) is 11.4 Å². The van der Waals surface area contributed by atoms with Gasteiger partial charge in [-0.1, -0.05) is 0 Å². The minimum Gasteiger partial charge on any atom is -0.381 e. The van der Waals surface area contributed by atoms with Gasteiger partial charge in [0.15, 0.2) is 11.4 Å². The van der Waals surface area contributed by atoms with Crippen LogP contribution in [0.3, 0.4) is 0 Å². The van der Waals surface area contributed by atoms with Crippen LogP contribution in [0.1, 0.15) is 31.4 Å². The first-order valence-electron chi connectivity index (χ1n) is 12.4. The Hall–Kier alpha value is -4.41. The van der Waals surface area contributed by atoms with E-state index >= 15 is 0 Å².